The molecule has 5 nitrogen and oxygen atoms in total. The number of amides is 1. The van der Waals surface area contributed by atoms with Gasteiger partial charge in [0, 0.05) is 37.8 Å². The molecule has 4 rings (SSSR count). The van der Waals surface area contributed by atoms with E-state index in [-0.39, 0.29) is 23.9 Å². The molecule has 0 bridgehead atoms. The number of rotatable bonds is 3. The van der Waals surface area contributed by atoms with Crippen molar-refractivity contribution in [1.29, 1.82) is 0 Å². The summed E-state index contributed by atoms with van der Waals surface area (Å²) in [5.74, 6) is -0.760. The Labute approximate surface area is 156 Å². The van der Waals surface area contributed by atoms with Gasteiger partial charge in [-0.3, -0.25) is 9.69 Å². The van der Waals surface area contributed by atoms with E-state index >= 15 is 0 Å². The first-order chi connectivity index (χ1) is 13.1. The molecule has 2 atom stereocenters. The molecule has 2 heterocycles. The molecule has 7 heteroatoms. The van der Waals surface area contributed by atoms with E-state index < -0.39 is 5.82 Å². The highest BCUT2D eigenvalue weighted by Crippen LogP contribution is 2.24. The van der Waals surface area contributed by atoms with Crippen LogP contribution in [0.2, 0.25) is 0 Å². The maximum absolute atomic E-state index is 13.3. The Morgan fingerprint density at radius 3 is 2.37 bits per heavy atom. The van der Waals surface area contributed by atoms with Crippen molar-refractivity contribution in [2.75, 3.05) is 26.2 Å². The highest BCUT2D eigenvalue weighted by atomic mass is 19.1. The number of hydrogen-bond acceptors (Lipinski definition) is 4. The van der Waals surface area contributed by atoms with Crippen LogP contribution in [0.15, 0.2) is 48.5 Å². The maximum Gasteiger partial charge on any atom is 0.254 e. The normalized spacial score (nSPS) is 23.6. The average molecular weight is 372 g/mol. The van der Waals surface area contributed by atoms with Crippen molar-refractivity contribution in [2.45, 2.75) is 18.6 Å². The van der Waals surface area contributed by atoms with Gasteiger partial charge < -0.3 is 4.90 Å². The van der Waals surface area contributed by atoms with E-state index in [4.69, 9.17) is 0 Å². The molecule has 0 radical (unpaired) electrons. The minimum absolute atomic E-state index is 0.127. The fourth-order valence-corrected chi connectivity index (χ4v) is 3.73. The van der Waals surface area contributed by atoms with E-state index in [2.05, 4.69) is 15.8 Å². The zero-order chi connectivity index (χ0) is 18.8. The van der Waals surface area contributed by atoms with E-state index in [9.17, 15) is 13.6 Å². The Hall–Kier alpha value is -2.35. The van der Waals surface area contributed by atoms with E-state index in [0.29, 0.717) is 18.7 Å². The van der Waals surface area contributed by atoms with Crippen molar-refractivity contribution in [3.63, 3.8) is 0 Å². The van der Waals surface area contributed by atoms with Crippen molar-refractivity contribution in [1.82, 2.24) is 20.7 Å². The lowest BCUT2D eigenvalue weighted by atomic mass is 10.0. The molecule has 0 spiro atoms. The summed E-state index contributed by atoms with van der Waals surface area (Å²) in [6, 6.07) is 12.5. The molecule has 2 saturated heterocycles. The zero-order valence-electron chi connectivity index (χ0n) is 14.9. The summed E-state index contributed by atoms with van der Waals surface area (Å²) < 4.78 is 26.4. The highest BCUT2D eigenvalue weighted by molar-refractivity contribution is 5.94. The number of carbonyl (C=O) groups excluding carboxylic acids is 1. The number of nitrogens with zero attached hydrogens (tertiary/aromatic N) is 2. The minimum Gasteiger partial charge on any atom is -0.336 e. The average Bonchev–Trinajstić information content (AvgIpc) is 3.18. The Kier molecular flexibility index (Phi) is 5.15. The van der Waals surface area contributed by atoms with E-state index in [0.717, 1.165) is 25.1 Å². The lowest BCUT2D eigenvalue weighted by Crippen LogP contribution is -2.55. The third-order valence-corrected chi connectivity index (χ3v) is 5.27. The first kappa shape index (κ1) is 18.0. The van der Waals surface area contributed by atoms with E-state index in [1.807, 2.05) is 0 Å². The molecule has 27 heavy (non-hydrogen) atoms. The minimum atomic E-state index is -0.396. The molecule has 0 aliphatic carbocycles. The number of hydrazine groups is 1. The van der Waals surface area contributed by atoms with Gasteiger partial charge in [-0.15, -0.1) is 0 Å². The predicted octanol–water partition coefficient (Wildman–Crippen LogP) is 2.29. The second-order valence-electron chi connectivity index (χ2n) is 6.98. The second kappa shape index (κ2) is 7.72. The topological polar surface area (TPSA) is 47.6 Å². The van der Waals surface area contributed by atoms with Crippen LogP contribution in [-0.4, -0.2) is 48.1 Å². The molecule has 0 aromatic heterocycles. The SMILES string of the molecule is O=C(c1cccc(F)c1)N1CCN(C2CC(c3ccc(F)cc3)NN2)CC1. The van der Waals surface area contributed by atoms with Gasteiger partial charge in [0.1, 0.15) is 11.6 Å². The zero-order valence-corrected chi connectivity index (χ0v) is 14.9. The third kappa shape index (κ3) is 4.00. The molecule has 2 aliphatic rings. The number of carbonyl (C=O) groups is 1. The lowest BCUT2D eigenvalue weighted by molar-refractivity contribution is 0.0544. The standard InChI is InChI=1S/C20H22F2N4O/c21-16-6-4-14(5-7-16)18-13-19(24-23-18)25-8-10-26(11-9-25)20(27)15-2-1-3-17(22)12-15/h1-7,12,18-19,23-24H,8-11,13H2. The molecule has 2 aromatic rings. The molecule has 2 unspecified atom stereocenters. The molecular weight excluding hydrogens is 350 g/mol. The van der Waals surface area contributed by atoms with Gasteiger partial charge in [0.15, 0.2) is 0 Å². The number of piperazine rings is 1. The van der Waals surface area contributed by atoms with E-state index in [1.165, 1.54) is 24.3 Å². The Morgan fingerprint density at radius 2 is 1.67 bits per heavy atom. The number of nitrogens with one attached hydrogen (secondary N) is 2. The fraction of sp³-hybridized carbons (Fsp3) is 0.350. The molecule has 2 aromatic carbocycles. The Morgan fingerprint density at radius 1 is 0.926 bits per heavy atom. The largest absolute Gasteiger partial charge is 0.336 e. The smallest absolute Gasteiger partial charge is 0.254 e. The summed E-state index contributed by atoms with van der Waals surface area (Å²) in [6.45, 7) is 2.70. The third-order valence-electron chi connectivity index (χ3n) is 5.27. The van der Waals surface area contributed by atoms with Crippen molar-refractivity contribution in [2.24, 2.45) is 0 Å². The van der Waals surface area contributed by atoms with Crippen LogP contribution < -0.4 is 10.9 Å². The molecule has 142 valence electrons. The summed E-state index contributed by atoms with van der Waals surface area (Å²) in [6.07, 6.45) is 1.02. The molecule has 0 saturated carbocycles. The lowest BCUT2D eigenvalue weighted by Gasteiger charge is -2.37. The second-order valence-corrected chi connectivity index (χ2v) is 6.98. The first-order valence-corrected chi connectivity index (χ1v) is 9.15. The van der Waals surface area contributed by atoms with Crippen LogP contribution in [-0.2, 0) is 0 Å². The molecule has 2 aliphatic heterocycles. The first-order valence-electron chi connectivity index (χ1n) is 9.15. The van der Waals surface area contributed by atoms with Gasteiger partial charge in [-0.2, -0.15) is 0 Å². The number of benzene rings is 2. The fourth-order valence-electron chi connectivity index (χ4n) is 3.73. The van der Waals surface area contributed by atoms with Gasteiger partial charge in [0.25, 0.3) is 5.91 Å². The summed E-state index contributed by atoms with van der Waals surface area (Å²) in [4.78, 5) is 16.6. The van der Waals surface area contributed by atoms with Crippen LogP contribution >= 0.6 is 0 Å². The Bertz CT molecular complexity index is 806. The van der Waals surface area contributed by atoms with Gasteiger partial charge >= 0.3 is 0 Å². The van der Waals surface area contributed by atoms with Crippen LogP contribution in [0.1, 0.15) is 28.4 Å². The molecule has 2 fully saturated rings. The monoisotopic (exact) mass is 372 g/mol. The van der Waals surface area contributed by atoms with Gasteiger partial charge in [0.05, 0.1) is 6.17 Å². The van der Waals surface area contributed by atoms with E-state index in [1.54, 1.807) is 29.2 Å². The number of hydrogen-bond donors (Lipinski definition) is 2. The summed E-state index contributed by atoms with van der Waals surface area (Å²) in [7, 11) is 0. The van der Waals surface area contributed by atoms with Crippen LogP contribution in [0.3, 0.4) is 0 Å². The van der Waals surface area contributed by atoms with Crippen molar-refractivity contribution in [3.8, 4) is 0 Å². The van der Waals surface area contributed by atoms with Gasteiger partial charge in [-0.25, -0.2) is 19.6 Å². The molecular formula is C20H22F2N4O. The number of halogens is 2. The van der Waals surface area contributed by atoms with Crippen molar-refractivity contribution < 1.29 is 13.6 Å². The molecule has 1 amide bonds. The maximum atomic E-state index is 13.3. The summed E-state index contributed by atoms with van der Waals surface area (Å²) in [5.41, 5.74) is 8.01. The van der Waals surface area contributed by atoms with Gasteiger partial charge in [-0.05, 0) is 42.3 Å². The van der Waals surface area contributed by atoms with Crippen LogP contribution in [0.4, 0.5) is 8.78 Å². The van der Waals surface area contributed by atoms with Gasteiger partial charge in [-0.1, -0.05) is 18.2 Å². The molecule has 2 N–H and O–H groups in total. The highest BCUT2D eigenvalue weighted by Gasteiger charge is 2.32. The van der Waals surface area contributed by atoms with Crippen LogP contribution in [0.5, 0.6) is 0 Å². The van der Waals surface area contributed by atoms with Crippen molar-refractivity contribution in [3.05, 3.63) is 71.3 Å². The quantitative estimate of drug-likeness (QED) is 0.868. The van der Waals surface area contributed by atoms with Crippen LogP contribution in [0, 0.1) is 11.6 Å². The summed E-state index contributed by atoms with van der Waals surface area (Å²) in [5, 5.41) is 0. The predicted molar refractivity (Wildman–Crippen MR) is 97.7 cm³/mol. The van der Waals surface area contributed by atoms with Crippen molar-refractivity contribution >= 4 is 5.91 Å². The summed E-state index contributed by atoms with van der Waals surface area (Å²) >= 11 is 0. The van der Waals surface area contributed by atoms with Crippen LogP contribution in [0.25, 0.3) is 0 Å². The Balaban J connectivity index is 1.32. The van der Waals surface area contributed by atoms with Gasteiger partial charge in [0.2, 0.25) is 0 Å².